The highest BCUT2D eigenvalue weighted by atomic mass is 35.5. The number of nitriles is 1. The first-order valence-corrected chi connectivity index (χ1v) is 5.29. The van der Waals surface area contributed by atoms with Crippen molar-refractivity contribution < 1.29 is 26.3 Å². The first kappa shape index (κ1) is 15.6. The maximum absolute atomic E-state index is 12.5. The number of hydrogen-bond acceptors (Lipinski definition) is 1. The monoisotopic (exact) mass is 301 g/mol. The van der Waals surface area contributed by atoms with Crippen molar-refractivity contribution in [3.05, 3.63) is 34.9 Å². The van der Waals surface area contributed by atoms with Crippen molar-refractivity contribution in [2.75, 3.05) is 0 Å². The van der Waals surface area contributed by atoms with Gasteiger partial charge in [-0.25, -0.2) is 0 Å². The van der Waals surface area contributed by atoms with E-state index in [0.29, 0.717) is 12.1 Å². The average Bonchev–Trinajstić information content (AvgIpc) is 2.26. The smallest absolute Gasteiger partial charge is 0.197 e. The molecule has 0 heterocycles. The highest BCUT2D eigenvalue weighted by molar-refractivity contribution is 6.22. The van der Waals surface area contributed by atoms with Gasteiger partial charge in [-0.05, 0) is 23.8 Å². The van der Waals surface area contributed by atoms with Gasteiger partial charge < -0.3 is 0 Å². The number of hydrogen-bond donors (Lipinski definition) is 0. The Kier molecular flexibility index (Phi) is 4.35. The fraction of sp³-hybridized carbons (Fsp3) is 0.364. The zero-order valence-electron chi connectivity index (χ0n) is 9.11. The minimum atomic E-state index is -4.90. The zero-order chi connectivity index (χ0) is 14.8. The van der Waals surface area contributed by atoms with Gasteiger partial charge in [0.15, 0.2) is 0 Å². The van der Waals surface area contributed by atoms with E-state index < -0.39 is 35.3 Å². The molecule has 0 aliphatic heterocycles. The normalized spacial score (nSPS) is 14.0. The number of alkyl halides is 7. The predicted octanol–water partition coefficient (Wildman–Crippen LogP) is 4.40. The molecule has 1 aromatic rings. The molecule has 1 unspecified atom stereocenters. The predicted molar refractivity (Wildman–Crippen MR) is 55.4 cm³/mol. The summed E-state index contributed by atoms with van der Waals surface area (Å²) in [6.07, 6.45) is -10.2. The Morgan fingerprint density at radius 1 is 1.00 bits per heavy atom. The van der Waals surface area contributed by atoms with Crippen molar-refractivity contribution >= 4 is 11.6 Å². The third-order valence-corrected chi connectivity index (χ3v) is 2.45. The van der Waals surface area contributed by atoms with Gasteiger partial charge in [0.05, 0.1) is 17.2 Å². The van der Waals surface area contributed by atoms with Crippen molar-refractivity contribution in [3.63, 3.8) is 0 Å². The molecule has 104 valence electrons. The van der Waals surface area contributed by atoms with Gasteiger partial charge in [-0.3, -0.25) is 0 Å². The Hall–Kier alpha value is -1.42. The fourth-order valence-corrected chi connectivity index (χ4v) is 1.57. The van der Waals surface area contributed by atoms with Crippen LogP contribution in [-0.2, 0) is 18.8 Å². The van der Waals surface area contributed by atoms with Gasteiger partial charge in [0, 0.05) is 6.42 Å². The van der Waals surface area contributed by atoms with Crippen LogP contribution in [0.25, 0.3) is 0 Å². The molecule has 19 heavy (non-hydrogen) atoms. The van der Waals surface area contributed by atoms with Crippen LogP contribution in [0.3, 0.4) is 0 Å². The summed E-state index contributed by atoms with van der Waals surface area (Å²) in [6, 6.07) is 2.67. The lowest BCUT2D eigenvalue weighted by atomic mass is 10.0. The first-order valence-electron chi connectivity index (χ1n) is 4.86. The molecule has 0 aromatic heterocycles. The van der Waals surface area contributed by atoms with Crippen molar-refractivity contribution in [2.45, 2.75) is 24.2 Å². The quantitative estimate of drug-likeness (QED) is 0.587. The minimum absolute atomic E-state index is 0.0269. The van der Waals surface area contributed by atoms with E-state index in [4.69, 9.17) is 16.9 Å². The van der Waals surface area contributed by atoms with E-state index in [1.165, 1.54) is 6.07 Å². The van der Waals surface area contributed by atoms with Crippen LogP contribution in [0.4, 0.5) is 26.3 Å². The van der Waals surface area contributed by atoms with Crippen LogP contribution in [0.15, 0.2) is 18.2 Å². The molecule has 1 rings (SSSR count). The van der Waals surface area contributed by atoms with E-state index in [9.17, 15) is 26.3 Å². The third-order valence-electron chi connectivity index (χ3n) is 2.20. The second-order valence-electron chi connectivity index (χ2n) is 3.71. The van der Waals surface area contributed by atoms with Crippen molar-refractivity contribution in [3.8, 4) is 6.07 Å². The summed E-state index contributed by atoms with van der Waals surface area (Å²) in [6.45, 7) is 0. The molecular formula is C11H6ClF6N. The van der Waals surface area contributed by atoms with Gasteiger partial charge in [-0.2, -0.15) is 31.6 Å². The Balaban J connectivity index is 3.30. The Morgan fingerprint density at radius 3 is 1.74 bits per heavy atom. The second kappa shape index (κ2) is 5.29. The molecule has 0 radical (unpaired) electrons. The van der Waals surface area contributed by atoms with Gasteiger partial charge in [0.1, 0.15) is 5.38 Å². The molecular weight excluding hydrogens is 296 g/mol. The second-order valence-corrected chi connectivity index (χ2v) is 4.24. The standard InChI is InChI=1S/C11H6ClF6N/c12-9(5-19)3-6-1-7(10(13,14)15)4-8(2-6)11(16,17)18/h1-2,4,9H,3H2. The summed E-state index contributed by atoms with van der Waals surface area (Å²) in [4.78, 5) is 0. The van der Waals surface area contributed by atoms with E-state index in [0.717, 1.165) is 0 Å². The minimum Gasteiger partial charge on any atom is -0.197 e. The summed E-state index contributed by atoms with van der Waals surface area (Å²) in [5.41, 5.74) is -3.12. The lowest BCUT2D eigenvalue weighted by molar-refractivity contribution is -0.143. The molecule has 1 aromatic carbocycles. The van der Waals surface area contributed by atoms with E-state index in [-0.39, 0.29) is 11.6 Å². The van der Waals surface area contributed by atoms with Crippen molar-refractivity contribution in [1.29, 1.82) is 5.26 Å². The summed E-state index contributed by atoms with van der Waals surface area (Å²) in [7, 11) is 0. The molecule has 0 spiro atoms. The summed E-state index contributed by atoms with van der Waals surface area (Å²) < 4.78 is 74.9. The Bertz CT molecular complexity index is 467. The Morgan fingerprint density at radius 2 is 1.42 bits per heavy atom. The first-order chi connectivity index (χ1) is 8.54. The molecule has 0 bridgehead atoms. The van der Waals surface area contributed by atoms with Crippen LogP contribution in [-0.4, -0.2) is 5.38 Å². The van der Waals surface area contributed by atoms with Gasteiger partial charge in [-0.15, -0.1) is 11.6 Å². The molecule has 0 fully saturated rings. The SMILES string of the molecule is N#CC(Cl)Cc1cc(C(F)(F)F)cc(C(F)(F)F)c1. The Labute approximate surface area is 109 Å². The number of rotatable bonds is 2. The summed E-state index contributed by atoms with van der Waals surface area (Å²) in [5, 5.41) is 7.24. The molecule has 0 aliphatic carbocycles. The summed E-state index contributed by atoms with van der Waals surface area (Å²) in [5.74, 6) is 0. The fourth-order valence-electron chi connectivity index (χ4n) is 1.39. The molecule has 1 atom stereocenters. The van der Waals surface area contributed by atoms with E-state index in [1.54, 1.807) is 0 Å². The molecule has 0 saturated carbocycles. The number of nitrogens with zero attached hydrogens (tertiary/aromatic N) is 1. The highest BCUT2D eigenvalue weighted by Gasteiger charge is 2.36. The van der Waals surface area contributed by atoms with E-state index >= 15 is 0 Å². The van der Waals surface area contributed by atoms with Crippen molar-refractivity contribution in [2.24, 2.45) is 0 Å². The number of halogens is 7. The lowest BCUT2D eigenvalue weighted by Gasteiger charge is -2.14. The number of benzene rings is 1. The van der Waals surface area contributed by atoms with Crippen LogP contribution in [0, 0.1) is 11.3 Å². The third kappa shape index (κ3) is 4.31. The molecule has 0 N–H and O–H groups in total. The van der Waals surface area contributed by atoms with Gasteiger partial charge >= 0.3 is 12.4 Å². The molecule has 0 aliphatic rings. The van der Waals surface area contributed by atoms with Gasteiger partial charge in [0.2, 0.25) is 0 Å². The van der Waals surface area contributed by atoms with Crippen LogP contribution in [0.2, 0.25) is 0 Å². The largest absolute Gasteiger partial charge is 0.416 e. The maximum Gasteiger partial charge on any atom is 0.416 e. The topological polar surface area (TPSA) is 23.8 Å². The molecule has 8 heteroatoms. The van der Waals surface area contributed by atoms with Gasteiger partial charge in [-0.1, -0.05) is 0 Å². The molecule has 0 amide bonds. The van der Waals surface area contributed by atoms with Crippen LogP contribution in [0.5, 0.6) is 0 Å². The van der Waals surface area contributed by atoms with E-state index in [2.05, 4.69) is 0 Å². The van der Waals surface area contributed by atoms with Crippen LogP contribution in [0.1, 0.15) is 16.7 Å². The summed E-state index contributed by atoms with van der Waals surface area (Å²) >= 11 is 5.41. The van der Waals surface area contributed by atoms with Crippen LogP contribution < -0.4 is 0 Å². The lowest BCUT2D eigenvalue weighted by Crippen LogP contribution is -2.13. The highest BCUT2D eigenvalue weighted by Crippen LogP contribution is 2.36. The van der Waals surface area contributed by atoms with Gasteiger partial charge in [0.25, 0.3) is 0 Å². The molecule has 0 saturated heterocycles. The van der Waals surface area contributed by atoms with Crippen molar-refractivity contribution in [1.82, 2.24) is 0 Å². The average molecular weight is 302 g/mol. The zero-order valence-corrected chi connectivity index (χ0v) is 9.87. The van der Waals surface area contributed by atoms with Crippen LogP contribution >= 0.6 is 11.6 Å². The van der Waals surface area contributed by atoms with E-state index in [1.807, 2.05) is 0 Å². The molecule has 1 nitrogen and oxygen atoms in total. The maximum atomic E-state index is 12.5.